The molecule has 130 valence electrons. The summed E-state index contributed by atoms with van der Waals surface area (Å²) in [7, 11) is 0. The number of rotatable bonds is 7. The van der Waals surface area contributed by atoms with Gasteiger partial charge in [-0.1, -0.05) is 78.2 Å². The van der Waals surface area contributed by atoms with Crippen LogP contribution in [0.5, 0.6) is 0 Å². The van der Waals surface area contributed by atoms with Crippen molar-refractivity contribution in [2.75, 3.05) is 23.0 Å². The van der Waals surface area contributed by atoms with Gasteiger partial charge in [-0.2, -0.15) is 0 Å². The molecule has 1 aromatic heterocycles. The van der Waals surface area contributed by atoms with E-state index in [0.717, 1.165) is 30.9 Å². The zero-order chi connectivity index (χ0) is 17.6. The van der Waals surface area contributed by atoms with E-state index in [4.69, 9.17) is 0 Å². The minimum atomic E-state index is 0.0868. The molecule has 25 heavy (non-hydrogen) atoms. The first-order valence-corrected chi connectivity index (χ1v) is 10.9. The van der Waals surface area contributed by atoms with Crippen LogP contribution in [0, 0.1) is 0 Å². The van der Waals surface area contributed by atoms with E-state index in [2.05, 4.69) is 35.3 Å². The Morgan fingerprint density at radius 3 is 2.52 bits per heavy atom. The van der Waals surface area contributed by atoms with E-state index in [1.54, 1.807) is 23.1 Å². The van der Waals surface area contributed by atoms with Crippen molar-refractivity contribution in [1.82, 2.24) is 10.2 Å². The van der Waals surface area contributed by atoms with Gasteiger partial charge in [0.1, 0.15) is 0 Å². The summed E-state index contributed by atoms with van der Waals surface area (Å²) in [6, 6.07) is 14.2. The molecule has 1 amide bonds. The summed E-state index contributed by atoms with van der Waals surface area (Å²) in [4.78, 5) is 14.6. The average Bonchev–Trinajstić information content (AvgIpc) is 3.09. The summed E-state index contributed by atoms with van der Waals surface area (Å²) in [6.07, 6.45) is 0. The van der Waals surface area contributed by atoms with Crippen molar-refractivity contribution in [3.8, 4) is 0 Å². The number of carbonyl (C=O) groups is 1. The van der Waals surface area contributed by atoms with Gasteiger partial charge in [-0.05, 0) is 24.1 Å². The van der Waals surface area contributed by atoms with Gasteiger partial charge < -0.3 is 4.90 Å². The third-order valence-corrected chi connectivity index (χ3v) is 6.71. The Hall–Kier alpha value is -1.57. The predicted octanol–water partition coefficient (Wildman–Crippen LogP) is 4.95. The first-order valence-electron chi connectivity index (χ1n) is 8.10. The fraction of sp³-hybridized carbons (Fsp3) is 0.278. The molecule has 0 radical (unpaired) electrons. The molecule has 1 heterocycles. The first kappa shape index (κ1) is 18.2. The molecule has 0 saturated carbocycles. The molecular weight excluding hydrogens is 370 g/mol. The fourth-order valence-corrected chi connectivity index (χ4v) is 5.36. The topological polar surface area (TPSA) is 46.1 Å². The van der Waals surface area contributed by atoms with E-state index in [1.807, 2.05) is 36.1 Å². The van der Waals surface area contributed by atoms with Gasteiger partial charge in [0.05, 0.1) is 11.4 Å². The van der Waals surface area contributed by atoms with Gasteiger partial charge in [0.2, 0.25) is 5.91 Å². The van der Waals surface area contributed by atoms with E-state index in [1.165, 1.54) is 11.8 Å². The van der Waals surface area contributed by atoms with Crippen LogP contribution in [0.1, 0.15) is 13.8 Å². The summed E-state index contributed by atoms with van der Waals surface area (Å²) in [6.45, 7) is 4.73. The van der Waals surface area contributed by atoms with Crippen molar-refractivity contribution < 1.29 is 4.79 Å². The Balaban J connectivity index is 1.74. The molecule has 4 nitrogen and oxygen atoms in total. The number of hydrogen-bond acceptors (Lipinski definition) is 6. The van der Waals surface area contributed by atoms with Crippen molar-refractivity contribution in [3.63, 3.8) is 0 Å². The minimum Gasteiger partial charge on any atom is -0.311 e. The number of amides is 1. The highest BCUT2D eigenvalue weighted by atomic mass is 32.2. The molecule has 0 saturated heterocycles. The van der Waals surface area contributed by atoms with E-state index in [-0.39, 0.29) is 5.91 Å². The molecule has 0 spiro atoms. The molecule has 7 heteroatoms. The highest BCUT2D eigenvalue weighted by Crippen LogP contribution is 2.30. The lowest BCUT2D eigenvalue weighted by atomic mass is 10.1. The third-order valence-electron chi connectivity index (χ3n) is 3.65. The molecule has 3 aromatic rings. The number of carbonyl (C=O) groups excluding carboxylic acids is 1. The predicted molar refractivity (Wildman–Crippen MR) is 109 cm³/mol. The molecule has 0 unspecified atom stereocenters. The van der Waals surface area contributed by atoms with Crippen LogP contribution in [0.4, 0.5) is 5.69 Å². The summed E-state index contributed by atoms with van der Waals surface area (Å²) in [5.41, 5.74) is 0.964. The SMILES string of the molecule is CCSc1nnc(SCC(=O)N(CC)c2cccc3ccccc23)s1. The van der Waals surface area contributed by atoms with Crippen molar-refractivity contribution in [1.29, 1.82) is 0 Å². The number of thioether (sulfide) groups is 2. The second kappa shape index (κ2) is 8.69. The van der Waals surface area contributed by atoms with Gasteiger partial charge >= 0.3 is 0 Å². The molecule has 0 aliphatic carbocycles. The second-order valence-electron chi connectivity index (χ2n) is 5.19. The van der Waals surface area contributed by atoms with Crippen LogP contribution in [-0.4, -0.2) is 34.2 Å². The van der Waals surface area contributed by atoms with E-state index >= 15 is 0 Å². The zero-order valence-electron chi connectivity index (χ0n) is 14.1. The molecule has 0 N–H and O–H groups in total. The number of aromatic nitrogens is 2. The van der Waals surface area contributed by atoms with E-state index in [0.29, 0.717) is 12.3 Å². The summed E-state index contributed by atoms with van der Waals surface area (Å²) in [5, 5.41) is 10.5. The van der Waals surface area contributed by atoms with Crippen molar-refractivity contribution in [2.45, 2.75) is 22.5 Å². The molecule has 2 aromatic carbocycles. The average molecular weight is 390 g/mol. The molecular formula is C18H19N3OS3. The van der Waals surface area contributed by atoms with Crippen LogP contribution in [0.15, 0.2) is 51.1 Å². The molecule has 0 atom stereocenters. The van der Waals surface area contributed by atoms with Crippen LogP contribution in [0.25, 0.3) is 10.8 Å². The minimum absolute atomic E-state index is 0.0868. The van der Waals surface area contributed by atoms with Gasteiger partial charge in [-0.15, -0.1) is 10.2 Å². The van der Waals surface area contributed by atoms with Crippen molar-refractivity contribution in [2.24, 2.45) is 0 Å². The Morgan fingerprint density at radius 2 is 1.76 bits per heavy atom. The lowest BCUT2D eigenvalue weighted by Crippen LogP contribution is -2.32. The number of benzene rings is 2. The summed E-state index contributed by atoms with van der Waals surface area (Å²) >= 11 is 4.69. The number of anilines is 1. The van der Waals surface area contributed by atoms with Crippen LogP contribution >= 0.6 is 34.9 Å². The Labute approximate surface area is 160 Å². The fourth-order valence-electron chi connectivity index (χ4n) is 2.56. The summed E-state index contributed by atoms with van der Waals surface area (Å²) < 4.78 is 1.80. The van der Waals surface area contributed by atoms with Crippen molar-refractivity contribution >= 4 is 57.2 Å². The molecule has 0 aliphatic heterocycles. The van der Waals surface area contributed by atoms with Crippen LogP contribution in [0.2, 0.25) is 0 Å². The molecule has 0 fully saturated rings. The van der Waals surface area contributed by atoms with Crippen LogP contribution in [-0.2, 0) is 4.79 Å². The quantitative estimate of drug-likeness (QED) is 0.535. The lowest BCUT2D eigenvalue weighted by Gasteiger charge is -2.22. The highest BCUT2D eigenvalue weighted by Gasteiger charge is 2.17. The number of fused-ring (bicyclic) bond motifs is 1. The maximum atomic E-state index is 12.8. The van der Waals surface area contributed by atoms with Crippen LogP contribution in [0.3, 0.4) is 0 Å². The highest BCUT2D eigenvalue weighted by molar-refractivity contribution is 8.03. The largest absolute Gasteiger partial charge is 0.311 e. The molecule has 0 bridgehead atoms. The Morgan fingerprint density at radius 1 is 1.04 bits per heavy atom. The summed E-state index contributed by atoms with van der Waals surface area (Å²) in [5.74, 6) is 1.43. The van der Waals surface area contributed by atoms with Gasteiger partial charge in [0.25, 0.3) is 0 Å². The van der Waals surface area contributed by atoms with Gasteiger partial charge in [0, 0.05) is 11.9 Å². The lowest BCUT2D eigenvalue weighted by molar-refractivity contribution is -0.116. The maximum absolute atomic E-state index is 12.8. The zero-order valence-corrected chi connectivity index (χ0v) is 16.6. The third kappa shape index (κ3) is 4.34. The van der Waals surface area contributed by atoms with Crippen molar-refractivity contribution in [3.05, 3.63) is 42.5 Å². The monoisotopic (exact) mass is 389 g/mol. The number of hydrogen-bond donors (Lipinski definition) is 0. The van der Waals surface area contributed by atoms with E-state index in [9.17, 15) is 4.79 Å². The maximum Gasteiger partial charge on any atom is 0.237 e. The number of nitrogens with zero attached hydrogens (tertiary/aromatic N) is 3. The Kier molecular flexibility index (Phi) is 6.34. The first-order chi connectivity index (χ1) is 12.2. The van der Waals surface area contributed by atoms with Gasteiger partial charge in [-0.25, -0.2) is 0 Å². The standard InChI is InChI=1S/C18H19N3OS3/c1-3-21(15-11-7-9-13-8-5-6-10-14(13)15)16(22)12-24-18-20-19-17(25-18)23-4-2/h5-11H,3-4,12H2,1-2H3. The van der Waals surface area contributed by atoms with Crippen LogP contribution < -0.4 is 4.90 Å². The Bertz CT molecular complexity index is 860. The van der Waals surface area contributed by atoms with Gasteiger partial charge in [0.15, 0.2) is 8.68 Å². The molecule has 0 aliphatic rings. The smallest absolute Gasteiger partial charge is 0.237 e. The molecule has 3 rings (SSSR count). The normalized spacial score (nSPS) is 11.0. The van der Waals surface area contributed by atoms with Gasteiger partial charge in [-0.3, -0.25) is 4.79 Å². The van der Waals surface area contributed by atoms with E-state index < -0.39 is 0 Å². The second-order valence-corrected chi connectivity index (χ2v) is 8.90.